The minimum atomic E-state index is -0.388. The second-order valence-corrected chi connectivity index (χ2v) is 9.20. The molecule has 2 aliphatic heterocycles. The van der Waals surface area contributed by atoms with E-state index >= 15 is 0 Å². The average Bonchev–Trinajstić information content (AvgIpc) is 3.18. The van der Waals surface area contributed by atoms with Gasteiger partial charge in [-0.25, -0.2) is 0 Å². The molecule has 2 aromatic carbocycles. The Bertz CT molecular complexity index is 1220. The van der Waals surface area contributed by atoms with Crippen molar-refractivity contribution in [1.29, 1.82) is 0 Å². The predicted octanol–water partition coefficient (Wildman–Crippen LogP) is 4.05. The van der Waals surface area contributed by atoms with E-state index < -0.39 is 0 Å². The quantitative estimate of drug-likeness (QED) is 0.412. The molecule has 0 atom stereocenters. The maximum absolute atomic E-state index is 13.4. The highest BCUT2D eigenvalue weighted by atomic mass is 32.2. The van der Waals surface area contributed by atoms with Crippen molar-refractivity contribution >= 4 is 63.0 Å². The molecule has 1 N–H and O–H groups in total. The summed E-state index contributed by atoms with van der Waals surface area (Å²) >= 11 is 6.43. The van der Waals surface area contributed by atoms with Gasteiger partial charge in [-0.2, -0.15) is 0 Å². The molecule has 32 heavy (non-hydrogen) atoms. The van der Waals surface area contributed by atoms with Crippen LogP contribution in [-0.2, 0) is 14.4 Å². The smallest absolute Gasteiger partial charge is 0.267 e. The minimum absolute atomic E-state index is 0.167. The summed E-state index contributed by atoms with van der Waals surface area (Å²) in [5.41, 5.74) is 4.24. The summed E-state index contributed by atoms with van der Waals surface area (Å²) in [6, 6.07) is 12.9. The Morgan fingerprint density at radius 2 is 1.88 bits per heavy atom. The number of carbonyl (C=O) groups excluding carboxylic acids is 3. The fourth-order valence-electron chi connectivity index (χ4n) is 3.78. The molecule has 4 rings (SSSR count). The number of benzene rings is 2. The summed E-state index contributed by atoms with van der Waals surface area (Å²) in [4.78, 5) is 42.3. The van der Waals surface area contributed by atoms with Gasteiger partial charge in [-0.3, -0.25) is 24.2 Å². The molecule has 6 nitrogen and oxygen atoms in total. The maximum Gasteiger partial charge on any atom is 0.267 e. The molecule has 0 unspecified atom stereocenters. The fraction of sp³-hybridized carbons (Fsp3) is 0.167. The molecule has 2 heterocycles. The molecule has 1 fully saturated rings. The van der Waals surface area contributed by atoms with E-state index in [0.717, 1.165) is 22.9 Å². The number of para-hydroxylation sites is 1. The Labute approximate surface area is 196 Å². The number of nitrogens with one attached hydrogen (secondary N) is 1. The molecule has 0 spiro atoms. The number of anilines is 2. The molecule has 0 aliphatic carbocycles. The van der Waals surface area contributed by atoms with Crippen molar-refractivity contribution in [1.82, 2.24) is 4.90 Å². The normalized spacial score (nSPS) is 17.8. The first kappa shape index (κ1) is 22.0. The first-order chi connectivity index (χ1) is 15.3. The van der Waals surface area contributed by atoms with Crippen molar-refractivity contribution in [3.05, 3.63) is 76.7 Å². The van der Waals surface area contributed by atoms with Crippen LogP contribution in [0.2, 0.25) is 0 Å². The Kier molecular flexibility index (Phi) is 5.99. The van der Waals surface area contributed by atoms with E-state index in [4.69, 9.17) is 12.2 Å². The van der Waals surface area contributed by atoms with Gasteiger partial charge in [0, 0.05) is 17.8 Å². The van der Waals surface area contributed by atoms with Crippen LogP contribution in [-0.4, -0.2) is 40.0 Å². The second-order valence-electron chi connectivity index (χ2n) is 7.55. The monoisotopic (exact) mass is 463 g/mol. The summed E-state index contributed by atoms with van der Waals surface area (Å²) < 4.78 is 0.383. The van der Waals surface area contributed by atoms with Gasteiger partial charge >= 0.3 is 0 Å². The number of thiocarbonyl (C=S) groups is 1. The molecule has 0 radical (unpaired) electrons. The summed E-state index contributed by atoms with van der Waals surface area (Å²) in [5.74, 6) is -1.03. The summed E-state index contributed by atoms with van der Waals surface area (Å²) in [6.07, 6.45) is 1.59. The number of hydrogen-bond acceptors (Lipinski definition) is 5. The zero-order chi connectivity index (χ0) is 23.0. The highest BCUT2D eigenvalue weighted by Gasteiger charge is 2.42. The third-order valence-electron chi connectivity index (χ3n) is 5.27. The van der Waals surface area contributed by atoms with Crippen molar-refractivity contribution < 1.29 is 14.4 Å². The van der Waals surface area contributed by atoms with Crippen molar-refractivity contribution in [3.63, 3.8) is 0 Å². The van der Waals surface area contributed by atoms with E-state index in [1.165, 1.54) is 9.80 Å². The third kappa shape index (κ3) is 3.87. The minimum Gasteiger partial charge on any atom is -0.324 e. The Morgan fingerprint density at radius 1 is 1.12 bits per heavy atom. The Hall–Kier alpha value is -3.23. The van der Waals surface area contributed by atoms with Crippen LogP contribution >= 0.6 is 24.0 Å². The highest BCUT2D eigenvalue weighted by Crippen LogP contribution is 2.44. The summed E-state index contributed by atoms with van der Waals surface area (Å²) in [6.45, 7) is 7.67. The van der Waals surface area contributed by atoms with E-state index in [2.05, 4.69) is 11.9 Å². The lowest BCUT2D eigenvalue weighted by molar-refractivity contribution is -0.122. The van der Waals surface area contributed by atoms with Crippen LogP contribution in [0.1, 0.15) is 16.7 Å². The van der Waals surface area contributed by atoms with E-state index in [-0.39, 0.29) is 41.3 Å². The van der Waals surface area contributed by atoms with Gasteiger partial charge in [-0.15, -0.1) is 6.58 Å². The zero-order valence-electron chi connectivity index (χ0n) is 17.7. The van der Waals surface area contributed by atoms with Gasteiger partial charge < -0.3 is 5.32 Å². The largest absolute Gasteiger partial charge is 0.324 e. The van der Waals surface area contributed by atoms with Crippen LogP contribution in [0.4, 0.5) is 11.4 Å². The van der Waals surface area contributed by atoms with Crippen LogP contribution in [0, 0.1) is 13.8 Å². The number of amides is 3. The number of rotatable bonds is 5. The zero-order valence-corrected chi connectivity index (χ0v) is 19.3. The molecule has 0 saturated carbocycles. The Morgan fingerprint density at radius 3 is 2.59 bits per heavy atom. The number of nitrogens with zero attached hydrogens (tertiary/aromatic N) is 2. The van der Waals surface area contributed by atoms with Crippen LogP contribution in [0.3, 0.4) is 0 Å². The van der Waals surface area contributed by atoms with Gasteiger partial charge in [-0.1, -0.05) is 66.0 Å². The Balaban J connectivity index is 1.65. The van der Waals surface area contributed by atoms with Gasteiger partial charge in [0.25, 0.3) is 11.8 Å². The lowest BCUT2D eigenvalue weighted by atomic mass is 10.1. The van der Waals surface area contributed by atoms with Crippen LogP contribution in [0.15, 0.2) is 60.0 Å². The second kappa shape index (κ2) is 8.72. The molecular formula is C24H21N3O3S2. The fourth-order valence-corrected chi connectivity index (χ4v) is 5.13. The number of hydrogen-bond donors (Lipinski definition) is 1. The predicted molar refractivity (Wildman–Crippen MR) is 132 cm³/mol. The van der Waals surface area contributed by atoms with Gasteiger partial charge in [0.1, 0.15) is 10.9 Å². The summed E-state index contributed by atoms with van der Waals surface area (Å²) in [5, 5.41) is 2.88. The lowest BCUT2D eigenvalue weighted by Crippen LogP contribution is -2.35. The number of thioether (sulfide) groups is 1. The lowest BCUT2D eigenvalue weighted by Gasteiger charge is -2.17. The first-order valence-electron chi connectivity index (χ1n) is 9.99. The van der Waals surface area contributed by atoms with E-state index in [9.17, 15) is 14.4 Å². The number of carbonyl (C=O) groups is 3. The molecule has 162 valence electrons. The maximum atomic E-state index is 13.4. The number of aryl methyl sites for hydroxylation is 2. The van der Waals surface area contributed by atoms with E-state index in [1.807, 2.05) is 32.0 Å². The molecule has 2 aliphatic rings. The first-order valence-corrected chi connectivity index (χ1v) is 11.2. The molecule has 3 amide bonds. The van der Waals surface area contributed by atoms with Crippen LogP contribution < -0.4 is 10.2 Å². The molecular weight excluding hydrogens is 442 g/mol. The standard InChI is InChI=1S/C24H21N3O3S2/c1-4-11-26-23(30)21(32-24(26)31)20-16-7-5-6-8-18(16)27(22(20)29)13-19(28)25-17-10-9-14(2)12-15(17)3/h4-10,12H,1,11,13H2,2-3H3,(H,25,28)/b21-20+. The van der Waals surface area contributed by atoms with Crippen molar-refractivity contribution in [2.45, 2.75) is 13.8 Å². The van der Waals surface area contributed by atoms with Crippen LogP contribution in [0.5, 0.6) is 0 Å². The SMILES string of the molecule is C=CCN1C(=O)/C(=C2\C(=O)N(CC(=O)Nc3ccc(C)cc3C)c3ccccc32)SC1=S. The van der Waals surface area contributed by atoms with E-state index in [1.54, 1.807) is 30.3 Å². The molecule has 8 heteroatoms. The van der Waals surface area contributed by atoms with Crippen molar-refractivity contribution in [2.24, 2.45) is 0 Å². The van der Waals surface area contributed by atoms with Crippen molar-refractivity contribution in [3.8, 4) is 0 Å². The van der Waals surface area contributed by atoms with E-state index in [0.29, 0.717) is 21.3 Å². The number of fused-ring (bicyclic) bond motifs is 1. The molecule has 0 aromatic heterocycles. The summed E-state index contributed by atoms with van der Waals surface area (Å²) in [7, 11) is 0. The third-order valence-corrected chi connectivity index (χ3v) is 6.72. The van der Waals surface area contributed by atoms with Crippen LogP contribution in [0.25, 0.3) is 5.57 Å². The van der Waals surface area contributed by atoms with Crippen molar-refractivity contribution in [2.75, 3.05) is 23.3 Å². The highest BCUT2D eigenvalue weighted by molar-refractivity contribution is 8.26. The molecule has 1 saturated heterocycles. The van der Waals surface area contributed by atoms with Gasteiger partial charge in [0.2, 0.25) is 5.91 Å². The molecule has 2 aromatic rings. The van der Waals surface area contributed by atoms with Gasteiger partial charge in [0.05, 0.1) is 16.2 Å². The molecule has 0 bridgehead atoms. The topological polar surface area (TPSA) is 69.7 Å². The van der Waals surface area contributed by atoms with Gasteiger partial charge in [0.15, 0.2) is 0 Å². The average molecular weight is 464 g/mol. The van der Waals surface area contributed by atoms with Gasteiger partial charge in [-0.05, 0) is 31.5 Å².